The van der Waals surface area contributed by atoms with Crippen molar-refractivity contribution >= 4 is 5.57 Å². The first kappa shape index (κ1) is 21.4. The molecular formula is C30H29NO2. The summed E-state index contributed by atoms with van der Waals surface area (Å²) in [4.78, 5) is 2.49. The van der Waals surface area contributed by atoms with E-state index in [1.165, 1.54) is 19.3 Å². The highest BCUT2D eigenvalue weighted by Crippen LogP contribution is 2.48. The van der Waals surface area contributed by atoms with E-state index in [0.717, 1.165) is 52.4 Å². The highest BCUT2D eigenvalue weighted by Gasteiger charge is 2.47. The highest BCUT2D eigenvalue weighted by molar-refractivity contribution is 5.87. The topological polar surface area (TPSA) is 21.7 Å². The molecule has 2 aliphatic heterocycles. The molecule has 1 saturated heterocycles. The number of benzene rings is 3. The van der Waals surface area contributed by atoms with Crippen molar-refractivity contribution in [1.82, 2.24) is 4.90 Å². The Hall–Kier alpha value is -3.48. The molecule has 0 unspecified atom stereocenters. The fraction of sp³-hybridized carbons (Fsp3) is 0.267. The second-order valence-electron chi connectivity index (χ2n) is 8.63. The molecule has 1 atom stereocenters. The lowest BCUT2D eigenvalue weighted by atomic mass is 9.83. The first-order valence-corrected chi connectivity index (χ1v) is 11.7. The number of para-hydroxylation sites is 1. The average Bonchev–Trinajstić information content (AvgIpc) is 2.89. The van der Waals surface area contributed by atoms with Crippen molar-refractivity contribution in [2.45, 2.75) is 31.9 Å². The molecule has 0 spiro atoms. The van der Waals surface area contributed by atoms with Crippen LogP contribution in [-0.2, 0) is 5.72 Å². The molecule has 3 aromatic carbocycles. The van der Waals surface area contributed by atoms with Crippen molar-refractivity contribution < 1.29 is 9.47 Å². The number of methoxy groups -OCH3 is 1. The zero-order chi connectivity index (χ0) is 22.7. The Morgan fingerprint density at radius 2 is 1.52 bits per heavy atom. The number of fused-ring (bicyclic) bond motifs is 1. The van der Waals surface area contributed by atoms with Crippen molar-refractivity contribution in [2.24, 2.45) is 0 Å². The molecule has 0 N–H and O–H groups in total. The first-order valence-electron chi connectivity index (χ1n) is 11.7. The Kier molecular flexibility index (Phi) is 5.94. The maximum atomic E-state index is 6.97. The van der Waals surface area contributed by atoms with Crippen molar-refractivity contribution in [3.05, 3.63) is 101 Å². The van der Waals surface area contributed by atoms with Gasteiger partial charge in [0.2, 0.25) is 5.72 Å². The molecule has 166 valence electrons. The third-order valence-corrected chi connectivity index (χ3v) is 6.69. The van der Waals surface area contributed by atoms with Crippen molar-refractivity contribution in [3.63, 3.8) is 0 Å². The van der Waals surface area contributed by atoms with Gasteiger partial charge in [0.25, 0.3) is 0 Å². The summed E-state index contributed by atoms with van der Waals surface area (Å²) in [6.07, 6.45) is 3.59. The molecule has 3 heteroatoms. The second-order valence-corrected chi connectivity index (χ2v) is 8.63. The average molecular weight is 436 g/mol. The third kappa shape index (κ3) is 3.92. The molecule has 0 saturated carbocycles. The number of hydrogen-bond donors (Lipinski definition) is 0. The normalized spacial score (nSPS) is 20.3. The molecule has 0 bridgehead atoms. The Bertz CT molecular complexity index is 1210. The summed E-state index contributed by atoms with van der Waals surface area (Å²) in [5, 5.41) is 0. The van der Waals surface area contributed by atoms with Gasteiger partial charge < -0.3 is 9.47 Å². The van der Waals surface area contributed by atoms with Crippen LogP contribution in [0, 0.1) is 11.8 Å². The van der Waals surface area contributed by atoms with Crippen LogP contribution < -0.4 is 9.47 Å². The largest absolute Gasteiger partial charge is 0.497 e. The molecule has 1 fully saturated rings. The lowest BCUT2D eigenvalue weighted by Gasteiger charge is -2.49. The Balaban J connectivity index is 1.73. The monoisotopic (exact) mass is 435 g/mol. The Labute approximate surface area is 196 Å². The second kappa shape index (κ2) is 9.17. The van der Waals surface area contributed by atoms with Crippen LogP contribution in [0.2, 0.25) is 0 Å². The van der Waals surface area contributed by atoms with E-state index < -0.39 is 5.72 Å². The van der Waals surface area contributed by atoms with Crippen LogP contribution in [0.15, 0.2) is 84.4 Å². The minimum Gasteiger partial charge on any atom is -0.497 e. The summed E-state index contributed by atoms with van der Waals surface area (Å²) in [5.74, 6) is 8.64. The summed E-state index contributed by atoms with van der Waals surface area (Å²) < 4.78 is 12.4. The van der Waals surface area contributed by atoms with Crippen molar-refractivity contribution in [2.75, 3.05) is 20.2 Å². The molecular weight excluding hydrogens is 406 g/mol. The van der Waals surface area contributed by atoms with Gasteiger partial charge in [0.05, 0.1) is 7.11 Å². The smallest absolute Gasteiger partial charge is 0.213 e. The molecule has 0 aromatic heterocycles. The maximum absolute atomic E-state index is 6.97. The number of rotatable bonds is 3. The number of likely N-dealkylation sites (tertiary alicyclic amines) is 1. The van der Waals surface area contributed by atoms with Crippen LogP contribution in [0.25, 0.3) is 5.57 Å². The van der Waals surface area contributed by atoms with Crippen molar-refractivity contribution in [1.29, 1.82) is 0 Å². The third-order valence-electron chi connectivity index (χ3n) is 6.69. The van der Waals surface area contributed by atoms with Gasteiger partial charge in [-0.2, -0.15) is 0 Å². The molecule has 0 aliphatic carbocycles. The minimum absolute atomic E-state index is 0.693. The van der Waals surface area contributed by atoms with E-state index in [2.05, 4.69) is 66.1 Å². The lowest BCUT2D eigenvalue weighted by molar-refractivity contribution is -0.0725. The van der Waals surface area contributed by atoms with Crippen LogP contribution in [0.5, 0.6) is 11.5 Å². The van der Waals surface area contributed by atoms with Crippen molar-refractivity contribution in [3.8, 4) is 23.3 Å². The van der Waals surface area contributed by atoms with E-state index in [4.69, 9.17) is 9.47 Å². The van der Waals surface area contributed by atoms with Crippen LogP contribution in [0.1, 0.15) is 42.9 Å². The minimum atomic E-state index is -0.693. The van der Waals surface area contributed by atoms with Gasteiger partial charge in [-0.15, -0.1) is 0 Å². The van der Waals surface area contributed by atoms with E-state index in [9.17, 15) is 0 Å². The van der Waals surface area contributed by atoms with E-state index in [1.807, 2.05) is 36.4 Å². The van der Waals surface area contributed by atoms with Gasteiger partial charge in [-0.3, -0.25) is 4.90 Å². The highest BCUT2D eigenvalue weighted by atomic mass is 16.5. The molecule has 3 aromatic rings. The van der Waals surface area contributed by atoms with E-state index in [1.54, 1.807) is 7.11 Å². The zero-order valence-corrected chi connectivity index (χ0v) is 19.3. The van der Waals surface area contributed by atoms with Gasteiger partial charge in [0.1, 0.15) is 11.5 Å². The van der Waals surface area contributed by atoms with E-state index >= 15 is 0 Å². The summed E-state index contributed by atoms with van der Waals surface area (Å²) >= 11 is 0. The number of nitrogens with zero attached hydrogens (tertiary/aromatic N) is 1. The van der Waals surface area contributed by atoms with Crippen LogP contribution in [-0.4, -0.2) is 25.1 Å². The number of ether oxygens (including phenoxy) is 2. The maximum Gasteiger partial charge on any atom is 0.213 e. The quantitative estimate of drug-likeness (QED) is 0.454. The van der Waals surface area contributed by atoms with Gasteiger partial charge in [-0.25, -0.2) is 0 Å². The molecule has 3 nitrogen and oxygen atoms in total. The Morgan fingerprint density at radius 3 is 2.24 bits per heavy atom. The predicted octanol–water partition coefficient (Wildman–Crippen LogP) is 6.25. The Morgan fingerprint density at radius 1 is 0.818 bits per heavy atom. The molecule has 2 aliphatic rings. The van der Waals surface area contributed by atoms with Crippen LogP contribution >= 0.6 is 0 Å². The summed E-state index contributed by atoms with van der Waals surface area (Å²) in [6.45, 7) is 4.17. The van der Waals surface area contributed by atoms with E-state index in [0.29, 0.717) is 0 Å². The van der Waals surface area contributed by atoms with Gasteiger partial charge >= 0.3 is 0 Å². The molecule has 2 heterocycles. The standard InChI is InChI=1S/C30H29NO2/c1-23-27(20-15-24-11-5-3-6-12-24)28-13-7-8-14-29(28)33-30(23,31-21-9-4-10-22-31)25-16-18-26(32-2)19-17-25/h3,5-8,11-14,16-19H,4,9-10,21-22H2,1-2H3/t30-/m0/s1. The van der Waals surface area contributed by atoms with E-state index in [-0.39, 0.29) is 0 Å². The molecule has 0 radical (unpaired) electrons. The number of allylic oxidation sites excluding steroid dienone is 1. The zero-order valence-electron chi connectivity index (χ0n) is 19.3. The first-order chi connectivity index (χ1) is 16.2. The number of piperidine rings is 1. The fourth-order valence-corrected chi connectivity index (χ4v) is 4.97. The van der Waals surface area contributed by atoms with Crippen LogP contribution in [0.3, 0.4) is 0 Å². The SMILES string of the molecule is COc1ccc([C@@]2(N3CCCCC3)Oc3ccccc3C(C#Cc3ccccc3)=C2C)cc1. The van der Waals surface area contributed by atoms with Gasteiger partial charge in [-0.1, -0.05) is 48.6 Å². The lowest BCUT2D eigenvalue weighted by Crippen LogP contribution is -2.54. The summed E-state index contributed by atoms with van der Waals surface area (Å²) in [6, 6.07) is 26.8. The van der Waals surface area contributed by atoms with Crippen LogP contribution in [0.4, 0.5) is 0 Å². The van der Waals surface area contributed by atoms with Gasteiger partial charge in [0, 0.05) is 40.9 Å². The summed E-state index contributed by atoms with van der Waals surface area (Å²) in [7, 11) is 1.70. The van der Waals surface area contributed by atoms with Gasteiger partial charge in [0.15, 0.2) is 0 Å². The predicted molar refractivity (Wildman–Crippen MR) is 133 cm³/mol. The molecule has 0 amide bonds. The summed E-state index contributed by atoms with van der Waals surface area (Å²) in [5.41, 5.74) is 4.66. The molecule has 33 heavy (non-hydrogen) atoms. The number of hydrogen-bond acceptors (Lipinski definition) is 3. The fourth-order valence-electron chi connectivity index (χ4n) is 4.97. The molecule has 5 rings (SSSR count). The van der Waals surface area contributed by atoms with Gasteiger partial charge in [-0.05, 0) is 68.3 Å².